The molecule has 2 nitrogen and oxygen atoms in total. The van der Waals surface area contributed by atoms with Crippen LogP contribution in [0.5, 0.6) is 0 Å². The molecule has 136 valence electrons. The van der Waals surface area contributed by atoms with Crippen LogP contribution in [0.15, 0.2) is 83.3 Å². The van der Waals surface area contributed by atoms with Gasteiger partial charge in [0.05, 0.1) is 5.92 Å². The van der Waals surface area contributed by atoms with E-state index in [1.165, 1.54) is 16.7 Å². The van der Waals surface area contributed by atoms with Gasteiger partial charge in [-0.2, -0.15) is 0 Å². The molecular weight excluding hydrogens is 330 g/mol. The SMILES string of the molecule is CC(C)(C)c1ccc2oc(C(Cc3ccccc3)c3ccccc3)nc2c1. The third kappa shape index (κ3) is 3.80. The minimum absolute atomic E-state index is 0.0934. The fourth-order valence-corrected chi connectivity index (χ4v) is 3.44. The summed E-state index contributed by atoms with van der Waals surface area (Å²) < 4.78 is 6.21. The van der Waals surface area contributed by atoms with Gasteiger partial charge in [-0.15, -0.1) is 0 Å². The van der Waals surface area contributed by atoms with Crippen LogP contribution < -0.4 is 0 Å². The largest absolute Gasteiger partial charge is 0.440 e. The molecule has 0 aliphatic carbocycles. The number of rotatable bonds is 4. The van der Waals surface area contributed by atoms with Gasteiger partial charge in [-0.1, -0.05) is 87.5 Å². The van der Waals surface area contributed by atoms with Gasteiger partial charge < -0.3 is 4.42 Å². The van der Waals surface area contributed by atoms with Crippen LogP contribution in [0.1, 0.15) is 49.3 Å². The van der Waals surface area contributed by atoms with E-state index in [2.05, 4.69) is 93.6 Å². The molecule has 0 spiro atoms. The zero-order valence-electron chi connectivity index (χ0n) is 16.1. The van der Waals surface area contributed by atoms with Crippen LogP contribution in [0.4, 0.5) is 0 Å². The smallest absolute Gasteiger partial charge is 0.203 e. The Kier molecular flexibility index (Phi) is 4.57. The Balaban J connectivity index is 1.77. The highest BCUT2D eigenvalue weighted by Gasteiger charge is 2.22. The lowest BCUT2D eigenvalue weighted by Crippen LogP contribution is -2.10. The number of oxazole rings is 1. The highest BCUT2D eigenvalue weighted by molar-refractivity contribution is 5.74. The lowest BCUT2D eigenvalue weighted by molar-refractivity contribution is 0.497. The van der Waals surface area contributed by atoms with Gasteiger partial charge in [-0.25, -0.2) is 4.98 Å². The monoisotopic (exact) mass is 355 g/mol. The number of aromatic nitrogens is 1. The Bertz CT molecular complexity index is 1030. The van der Waals surface area contributed by atoms with E-state index in [1.807, 2.05) is 6.07 Å². The van der Waals surface area contributed by atoms with Gasteiger partial charge in [0.15, 0.2) is 5.58 Å². The Morgan fingerprint density at radius 2 is 1.52 bits per heavy atom. The molecule has 0 bridgehead atoms. The minimum atomic E-state index is 0.0934. The summed E-state index contributed by atoms with van der Waals surface area (Å²) in [5.41, 5.74) is 5.66. The maximum Gasteiger partial charge on any atom is 0.203 e. The summed E-state index contributed by atoms with van der Waals surface area (Å²) >= 11 is 0. The van der Waals surface area contributed by atoms with Gasteiger partial charge in [0.1, 0.15) is 5.52 Å². The molecule has 0 aliphatic heterocycles. The van der Waals surface area contributed by atoms with Gasteiger partial charge in [0.25, 0.3) is 0 Å². The normalized spacial score (nSPS) is 13.0. The average Bonchev–Trinajstić information content (AvgIpc) is 3.10. The van der Waals surface area contributed by atoms with Gasteiger partial charge in [0.2, 0.25) is 5.89 Å². The van der Waals surface area contributed by atoms with Gasteiger partial charge in [0, 0.05) is 0 Å². The molecule has 0 aliphatic rings. The molecule has 4 rings (SSSR count). The Morgan fingerprint density at radius 3 is 2.19 bits per heavy atom. The van der Waals surface area contributed by atoms with Crippen LogP contribution in [-0.4, -0.2) is 4.98 Å². The summed E-state index contributed by atoms with van der Waals surface area (Å²) in [4.78, 5) is 4.89. The van der Waals surface area contributed by atoms with E-state index in [4.69, 9.17) is 9.40 Å². The molecule has 1 unspecified atom stereocenters. The fourth-order valence-electron chi connectivity index (χ4n) is 3.44. The number of benzene rings is 3. The Morgan fingerprint density at radius 1 is 0.852 bits per heavy atom. The van der Waals surface area contributed by atoms with Crippen LogP contribution >= 0.6 is 0 Å². The molecule has 0 N–H and O–H groups in total. The zero-order chi connectivity index (χ0) is 18.9. The van der Waals surface area contributed by atoms with Crippen molar-refractivity contribution in [2.75, 3.05) is 0 Å². The van der Waals surface area contributed by atoms with Crippen molar-refractivity contribution < 1.29 is 4.42 Å². The first kappa shape index (κ1) is 17.5. The molecule has 27 heavy (non-hydrogen) atoms. The van der Waals surface area contributed by atoms with Crippen LogP contribution in [0.3, 0.4) is 0 Å². The van der Waals surface area contributed by atoms with E-state index in [1.54, 1.807) is 0 Å². The van der Waals surface area contributed by atoms with Crippen molar-refractivity contribution in [1.82, 2.24) is 4.98 Å². The van der Waals surface area contributed by atoms with Crippen molar-refractivity contribution in [3.8, 4) is 0 Å². The van der Waals surface area contributed by atoms with E-state index in [0.29, 0.717) is 0 Å². The second-order valence-electron chi connectivity index (χ2n) is 8.14. The van der Waals surface area contributed by atoms with Crippen molar-refractivity contribution >= 4 is 11.1 Å². The summed E-state index contributed by atoms with van der Waals surface area (Å²) in [5, 5.41) is 0. The van der Waals surface area contributed by atoms with Gasteiger partial charge >= 0.3 is 0 Å². The number of fused-ring (bicyclic) bond motifs is 1. The molecular formula is C25H25NO. The first-order valence-electron chi connectivity index (χ1n) is 9.50. The molecule has 0 amide bonds. The average molecular weight is 355 g/mol. The van der Waals surface area contributed by atoms with Crippen molar-refractivity contribution in [1.29, 1.82) is 0 Å². The molecule has 0 radical (unpaired) electrons. The lowest BCUT2D eigenvalue weighted by Gasteiger charge is -2.18. The van der Waals surface area contributed by atoms with E-state index < -0.39 is 0 Å². The van der Waals surface area contributed by atoms with Crippen molar-refractivity contribution in [2.24, 2.45) is 0 Å². The number of nitrogens with zero attached hydrogens (tertiary/aromatic N) is 1. The molecule has 4 aromatic rings. The van der Waals surface area contributed by atoms with Crippen LogP contribution in [-0.2, 0) is 11.8 Å². The fraction of sp³-hybridized carbons (Fsp3) is 0.240. The van der Waals surface area contributed by atoms with Crippen molar-refractivity contribution in [2.45, 2.75) is 38.5 Å². The van der Waals surface area contributed by atoms with Crippen molar-refractivity contribution in [3.63, 3.8) is 0 Å². The molecule has 0 saturated heterocycles. The van der Waals surface area contributed by atoms with Crippen molar-refractivity contribution in [3.05, 3.63) is 101 Å². The van der Waals surface area contributed by atoms with E-state index >= 15 is 0 Å². The molecule has 3 aromatic carbocycles. The number of hydrogen-bond donors (Lipinski definition) is 0. The second-order valence-corrected chi connectivity index (χ2v) is 8.14. The maximum absolute atomic E-state index is 6.21. The topological polar surface area (TPSA) is 26.0 Å². The molecule has 0 saturated carbocycles. The van der Waals surface area contributed by atoms with Crippen LogP contribution in [0, 0.1) is 0 Å². The molecule has 1 heterocycles. The standard InChI is InChI=1S/C25H25NO/c1-25(2,3)20-14-15-23-22(17-20)26-24(27-23)21(19-12-8-5-9-13-19)16-18-10-6-4-7-11-18/h4-15,17,21H,16H2,1-3H3. The zero-order valence-corrected chi connectivity index (χ0v) is 16.1. The van der Waals surface area contributed by atoms with Gasteiger partial charge in [-0.05, 0) is 40.7 Å². The first-order chi connectivity index (χ1) is 13.0. The molecule has 2 heteroatoms. The minimum Gasteiger partial charge on any atom is -0.440 e. The second kappa shape index (κ2) is 7.03. The number of hydrogen-bond acceptors (Lipinski definition) is 2. The summed E-state index contributed by atoms with van der Waals surface area (Å²) in [6, 6.07) is 27.4. The summed E-state index contributed by atoms with van der Waals surface area (Å²) in [6.07, 6.45) is 0.865. The first-order valence-corrected chi connectivity index (χ1v) is 9.50. The van der Waals surface area contributed by atoms with E-state index in [-0.39, 0.29) is 11.3 Å². The molecule has 1 atom stereocenters. The predicted molar refractivity (Wildman–Crippen MR) is 111 cm³/mol. The third-order valence-corrected chi connectivity index (χ3v) is 5.05. The lowest BCUT2D eigenvalue weighted by atomic mass is 9.87. The summed E-state index contributed by atoms with van der Waals surface area (Å²) in [7, 11) is 0. The van der Waals surface area contributed by atoms with E-state index in [9.17, 15) is 0 Å². The highest BCUT2D eigenvalue weighted by Crippen LogP contribution is 2.32. The molecule has 1 aromatic heterocycles. The van der Waals surface area contributed by atoms with Gasteiger partial charge in [-0.3, -0.25) is 0 Å². The van der Waals surface area contributed by atoms with Crippen LogP contribution in [0.25, 0.3) is 11.1 Å². The Labute approximate surface area is 160 Å². The van der Waals surface area contributed by atoms with Crippen LogP contribution in [0.2, 0.25) is 0 Å². The third-order valence-electron chi connectivity index (χ3n) is 5.05. The highest BCUT2D eigenvalue weighted by atomic mass is 16.3. The Hall–Kier alpha value is -2.87. The quantitative estimate of drug-likeness (QED) is 0.417. The summed E-state index contributed by atoms with van der Waals surface area (Å²) in [5.74, 6) is 0.880. The summed E-state index contributed by atoms with van der Waals surface area (Å²) in [6.45, 7) is 6.66. The molecule has 0 fully saturated rings. The van der Waals surface area contributed by atoms with E-state index in [0.717, 1.165) is 23.4 Å². The maximum atomic E-state index is 6.21. The predicted octanol–water partition coefficient (Wildman–Crippen LogP) is 6.50.